The zero-order valence-electron chi connectivity index (χ0n) is 12.9. The topological polar surface area (TPSA) is 69.0 Å². The van der Waals surface area contributed by atoms with E-state index in [1.807, 2.05) is 14.0 Å². The number of carbonyl (C=O) groups is 1. The highest BCUT2D eigenvalue weighted by molar-refractivity contribution is 6.31. The summed E-state index contributed by atoms with van der Waals surface area (Å²) >= 11 is 5.97. The molecule has 2 heterocycles. The van der Waals surface area contributed by atoms with Gasteiger partial charge < -0.3 is 10.1 Å². The van der Waals surface area contributed by atoms with Crippen molar-refractivity contribution in [3.8, 4) is 5.75 Å². The number of halogens is 1. The molecule has 3 aromatic rings. The van der Waals surface area contributed by atoms with Gasteiger partial charge in [0.1, 0.15) is 5.75 Å². The lowest BCUT2D eigenvalue weighted by Gasteiger charge is -2.10. The van der Waals surface area contributed by atoms with Gasteiger partial charge in [-0.15, -0.1) is 0 Å². The minimum absolute atomic E-state index is 0.289. The van der Waals surface area contributed by atoms with Crippen molar-refractivity contribution in [1.29, 1.82) is 0 Å². The molecule has 0 unspecified atom stereocenters. The van der Waals surface area contributed by atoms with Crippen LogP contribution < -0.4 is 10.1 Å². The Kier molecular flexibility index (Phi) is 3.92. The van der Waals surface area contributed by atoms with E-state index in [-0.39, 0.29) is 5.91 Å². The quantitative estimate of drug-likeness (QED) is 0.800. The van der Waals surface area contributed by atoms with Crippen LogP contribution in [0.15, 0.2) is 30.5 Å². The monoisotopic (exact) mass is 330 g/mol. The van der Waals surface area contributed by atoms with Crippen LogP contribution in [-0.4, -0.2) is 27.8 Å². The average molecular weight is 331 g/mol. The number of hydrogen-bond donors (Lipinski definition) is 1. The first kappa shape index (κ1) is 15.3. The molecule has 23 heavy (non-hydrogen) atoms. The maximum atomic E-state index is 12.5. The zero-order valence-corrected chi connectivity index (χ0v) is 13.7. The number of hydrogen-bond acceptors (Lipinski definition) is 4. The lowest BCUT2D eigenvalue weighted by molar-refractivity contribution is 0.102. The number of benzene rings is 1. The molecule has 0 aliphatic heterocycles. The van der Waals surface area contributed by atoms with E-state index in [9.17, 15) is 4.79 Å². The maximum absolute atomic E-state index is 12.5. The van der Waals surface area contributed by atoms with Crippen LogP contribution in [0, 0.1) is 6.92 Å². The third-order valence-electron chi connectivity index (χ3n) is 3.53. The van der Waals surface area contributed by atoms with Crippen molar-refractivity contribution in [2.45, 2.75) is 6.92 Å². The smallest absolute Gasteiger partial charge is 0.257 e. The van der Waals surface area contributed by atoms with E-state index < -0.39 is 0 Å². The molecule has 1 N–H and O–H groups in total. The number of nitrogens with zero attached hydrogens (tertiary/aromatic N) is 3. The number of pyridine rings is 1. The molecular weight excluding hydrogens is 316 g/mol. The van der Waals surface area contributed by atoms with Gasteiger partial charge in [0.2, 0.25) is 0 Å². The molecule has 1 amide bonds. The summed E-state index contributed by atoms with van der Waals surface area (Å²) in [6, 6.07) is 6.81. The van der Waals surface area contributed by atoms with Gasteiger partial charge in [-0.2, -0.15) is 5.10 Å². The SMILES string of the molecule is COc1ccc(Cl)cc1NC(=O)c1cnc2c(c1)c(C)nn2C. The van der Waals surface area contributed by atoms with Gasteiger partial charge in [-0.05, 0) is 31.2 Å². The van der Waals surface area contributed by atoms with E-state index >= 15 is 0 Å². The summed E-state index contributed by atoms with van der Waals surface area (Å²) in [5.41, 5.74) is 2.51. The first-order chi connectivity index (χ1) is 11.0. The summed E-state index contributed by atoms with van der Waals surface area (Å²) in [7, 11) is 3.35. The molecule has 0 saturated carbocycles. The highest BCUT2D eigenvalue weighted by Crippen LogP contribution is 2.28. The molecule has 0 saturated heterocycles. The fourth-order valence-corrected chi connectivity index (χ4v) is 2.58. The van der Waals surface area contributed by atoms with Crippen molar-refractivity contribution in [3.05, 3.63) is 46.7 Å². The van der Waals surface area contributed by atoms with Crippen LogP contribution in [0.1, 0.15) is 16.1 Å². The summed E-state index contributed by atoms with van der Waals surface area (Å²) in [4.78, 5) is 16.8. The Labute approximate surface area is 138 Å². The van der Waals surface area contributed by atoms with Crippen molar-refractivity contribution < 1.29 is 9.53 Å². The van der Waals surface area contributed by atoms with Gasteiger partial charge in [-0.3, -0.25) is 9.48 Å². The first-order valence-electron chi connectivity index (χ1n) is 6.94. The van der Waals surface area contributed by atoms with E-state index in [1.165, 1.54) is 13.3 Å². The molecule has 3 rings (SSSR count). The second-order valence-electron chi connectivity index (χ2n) is 5.10. The minimum Gasteiger partial charge on any atom is -0.495 e. The first-order valence-corrected chi connectivity index (χ1v) is 7.31. The second kappa shape index (κ2) is 5.89. The third kappa shape index (κ3) is 2.85. The second-order valence-corrected chi connectivity index (χ2v) is 5.54. The summed E-state index contributed by atoms with van der Waals surface area (Å²) in [6.45, 7) is 1.88. The highest BCUT2D eigenvalue weighted by Gasteiger charge is 2.14. The number of aryl methyl sites for hydroxylation is 2. The summed E-state index contributed by atoms with van der Waals surface area (Å²) in [6.07, 6.45) is 1.52. The van der Waals surface area contributed by atoms with Crippen LogP contribution in [0.3, 0.4) is 0 Å². The number of amides is 1. The largest absolute Gasteiger partial charge is 0.495 e. The number of methoxy groups -OCH3 is 1. The Morgan fingerprint density at radius 1 is 1.35 bits per heavy atom. The van der Waals surface area contributed by atoms with E-state index in [0.717, 1.165) is 16.7 Å². The Morgan fingerprint density at radius 3 is 2.87 bits per heavy atom. The summed E-state index contributed by atoms with van der Waals surface area (Å²) in [5, 5.41) is 8.45. The van der Waals surface area contributed by atoms with Crippen LogP contribution >= 0.6 is 11.6 Å². The van der Waals surface area contributed by atoms with Crippen molar-refractivity contribution >= 4 is 34.2 Å². The number of aromatic nitrogens is 3. The number of nitrogens with one attached hydrogen (secondary N) is 1. The van der Waals surface area contributed by atoms with Crippen LogP contribution in [-0.2, 0) is 7.05 Å². The lowest BCUT2D eigenvalue weighted by Crippen LogP contribution is -2.13. The molecule has 0 bridgehead atoms. The molecule has 2 aromatic heterocycles. The van der Waals surface area contributed by atoms with Gasteiger partial charge in [0.05, 0.1) is 24.1 Å². The predicted molar refractivity (Wildman–Crippen MR) is 89.2 cm³/mol. The maximum Gasteiger partial charge on any atom is 0.257 e. The van der Waals surface area contributed by atoms with Crippen LogP contribution in [0.5, 0.6) is 5.75 Å². The van der Waals surface area contributed by atoms with Crippen molar-refractivity contribution in [3.63, 3.8) is 0 Å². The Balaban J connectivity index is 1.95. The average Bonchev–Trinajstić information content (AvgIpc) is 2.82. The molecular formula is C16H15ClN4O2. The van der Waals surface area contributed by atoms with Crippen LogP contribution in [0.4, 0.5) is 5.69 Å². The van der Waals surface area contributed by atoms with Crippen LogP contribution in [0.2, 0.25) is 5.02 Å². The van der Waals surface area contributed by atoms with Crippen molar-refractivity contribution in [2.75, 3.05) is 12.4 Å². The molecule has 1 aromatic carbocycles. The number of rotatable bonds is 3. The lowest BCUT2D eigenvalue weighted by atomic mass is 10.2. The number of anilines is 1. The van der Waals surface area contributed by atoms with Gasteiger partial charge in [-0.1, -0.05) is 11.6 Å². The number of carbonyl (C=O) groups excluding carboxylic acids is 1. The molecule has 0 atom stereocenters. The fourth-order valence-electron chi connectivity index (χ4n) is 2.40. The van der Waals surface area contributed by atoms with Gasteiger partial charge in [-0.25, -0.2) is 4.98 Å². The summed E-state index contributed by atoms with van der Waals surface area (Å²) < 4.78 is 6.91. The third-order valence-corrected chi connectivity index (χ3v) is 3.77. The van der Waals surface area contributed by atoms with Crippen LogP contribution in [0.25, 0.3) is 11.0 Å². The molecule has 0 fully saturated rings. The molecule has 7 heteroatoms. The Bertz CT molecular complexity index is 904. The standard InChI is InChI=1S/C16H15ClN4O2/c1-9-12-6-10(8-18-15(12)21(2)20-9)16(22)19-13-7-11(17)4-5-14(13)23-3/h4-8H,1-3H3,(H,19,22). The summed E-state index contributed by atoms with van der Waals surface area (Å²) in [5.74, 6) is 0.248. The zero-order chi connectivity index (χ0) is 16.6. The Hall–Kier alpha value is -2.60. The molecule has 6 nitrogen and oxygen atoms in total. The van der Waals surface area contributed by atoms with E-state index in [2.05, 4.69) is 15.4 Å². The van der Waals surface area contributed by atoms with Gasteiger partial charge in [0.15, 0.2) is 5.65 Å². The Morgan fingerprint density at radius 2 is 2.13 bits per heavy atom. The van der Waals surface area contributed by atoms with Crippen molar-refractivity contribution in [1.82, 2.24) is 14.8 Å². The van der Waals surface area contributed by atoms with Crippen molar-refractivity contribution in [2.24, 2.45) is 7.05 Å². The predicted octanol–water partition coefficient (Wildman–Crippen LogP) is 3.19. The van der Waals surface area contributed by atoms with E-state index in [1.54, 1.807) is 28.9 Å². The molecule has 0 aliphatic carbocycles. The van der Waals surface area contributed by atoms with Gasteiger partial charge in [0, 0.05) is 23.7 Å². The highest BCUT2D eigenvalue weighted by atomic mass is 35.5. The molecule has 0 radical (unpaired) electrons. The fraction of sp³-hybridized carbons (Fsp3) is 0.188. The molecule has 0 spiro atoms. The normalized spacial score (nSPS) is 10.8. The molecule has 0 aliphatic rings. The van der Waals surface area contributed by atoms with Gasteiger partial charge in [0.25, 0.3) is 5.91 Å². The number of ether oxygens (including phenoxy) is 1. The van der Waals surface area contributed by atoms with E-state index in [4.69, 9.17) is 16.3 Å². The minimum atomic E-state index is -0.289. The molecule has 118 valence electrons. The number of fused-ring (bicyclic) bond motifs is 1. The van der Waals surface area contributed by atoms with Gasteiger partial charge >= 0.3 is 0 Å². The van der Waals surface area contributed by atoms with E-state index in [0.29, 0.717) is 22.0 Å².